The topological polar surface area (TPSA) is 36.4 Å². The van der Waals surface area contributed by atoms with Crippen LogP contribution < -0.4 is 4.90 Å². The molecule has 0 aromatic carbocycles. The molecule has 0 fully saturated rings. The van der Waals surface area contributed by atoms with Gasteiger partial charge in [0.15, 0.2) is 0 Å². The number of aryl methyl sites for hydroxylation is 1. The number of hydrogen-bond donors (Lipinski definition) is 1. The Balaban J connectivity index is 2.97. The number of hydrogen-bond acceptors (Lipinski definition) is 3. The van der Waals surface area contributed by atoms with Crippen molar-refractivity contribution < 1.29 is 18.3 Å². The lowest BCUT2D eigenvalue weighted by molar-refractivity contribution is -0.119. The first-order valence-electron chi connectivity index (χ1n) is 4.68. The quantitative estimate of drug-likeness (QED) is 0.867. The summed E-state index contributed by atoms with van der Waals surface area (Å²) >= 11 is 0. The van der Waals surface area contributed by atoms with Crippen LogP contribution in [0.4, 0.5) is 18.9 Å². The molecule has 0 radical (unpaired) electrons. The highest BCUT2D eigenvalue weighted by molar-refractivity contribution is 5.52. The highest BCUT2D eigenvalue weighted by atomic mass is 19.4. The van der Waals surface area contributed by atoms with Crippen molar-refractivity contribution >= 4 is 5.69 Å². The summed E-state index contributed by atoms with van der Waals surface area (Å²) in [4.78, 5) is 4.98. The minimum Gasteiger partial charge on any atom is -0.392 e. The van der Waals surface area contributed by atoms with Gasteiger partial charge in [-0.1, -0.05) is 0 Å². The van der Waals surface area contributed by atoms with E-state index in [1.54, 1.807) is 6.92 Å². The molecule has 1 aromatic heterocycles. The second kappa shape index (κ2) is 4.69. The van der Waals surface area contributed by atoms with E-state index in [9.17, 15) is 13.2 Å². The van der Waals surface area contributed by atoms with Gasteiger partial charge in [0.2, 0.25) is 0 Å². The Morgan fingerprint density at radius 2 is 2.06 bits per heavy atom. The van der Waals surface area contributed by atoms with Crippen LogP contribution in [-0.2, 0) is 6.61 Å². The second-order valence-corrected chi connectivity index (χ2v) is 3.58. The molecule has 0 atom stereocenters. The Labute approximate surface area is 91.5 Å². The average molecular weight is 234 g/mol. The highest BCUT2D eigenvalue weighted by Gasteiger charge is 2.30. The van der Waals surface area contributed by atoms with Gasteiger partial charge in [0.1, 0.15) is 6.54 Å². The number of nitrogens with zero attached hydrogens (tertiary/aromatic N) is 2. The summed E-state index contributed by atoms with van der Waals surface area (Å²) in [6.07, 6.45) is -2.88. The Kier molecular flexibility index (Phi) is 3.74. The van der Waals surface area contributed by atoms with E-state index in [4.69, 9.17) is 5.11 Å². The summed E-state index contributed by atoms with van der Waals surface area (Å²) in [6.45, 7) is 0.306. The van der Waals surface area contributed by atoms with Crippen molar-refractivity contribution in [3.8, 4) is 0 Å². The molecule has 0 bridgehead atoms. The zero-order valence-corrected chi connectivity index (χ0v) is 9.04. The fourth-order valence-corrected chi connectivity index (χ4v) is 1.40. The zero-order valence-electron chi connectivity index (χ0n) is 9.04. The molecule has 1 aromatic rings. The van der Waals surface area contributed by atoms with Gasteiger partial charge in [0, 0.05) is 30.2 Å². The summed E-state index contributed by atoms with van der Waals surface area (Å²) in [5, 5.41) is 9.01. The van der Waals surface area contributed by atoms with E-state index < -0.39 is 12.7 Å². The molecule has 0 saturated heterocycles. The SMILES string of the molecule is Cc1cc(N(C)CC(F)(F)F)c(CO)cn1. The molecule has 0 amide bonds. The van der Waals surface area contributed by atoms with E-state index in [0.29, 0.717) is 16.9 Å². The number of anilines is 1. The van der Waals surface area contributed by atoms with Gasteiger partial charge in [-0.2, -0.15) is 13.2 Å². The van der Waals surface area contributed by atoms with Gasteiger partial charge in [0.25, 0.3) is 0 Å². The molecular formula is C10H13F3N2O. The van der Waals surface area contributed by atoms with E-state index in [2.05, 4.69) is 4.98 Å². The smallest absolute Gasteiger partial charge is 0.392 e. The standard InChI is InChI=1S/C10H13F3N2O/c1-7-3-9(8(5-16)4-14-7)15(2)6-10(11,12)13/h3-4,16H,5-6H2,1-2H3. The van der Waals surface area contributed by atoms with Crippen LogP contribution in [0.2, 0.25) is 0 Å². The monoisotopic (exact) mass is 234 g/mol. The molecule has 0 aliphatic heterocycles. The van der Waals surface area contributed by atoms with Crippen LogP contribution in [0.5, 0.6) is 0 Å². The number of halogens is 3. The van der Waals surface area contributed by atoms with Crippen LogP contribution in [0.25, 0.3) is 0 Å². The van der Waals surface area contributed by atoms with Crippen LogP contribution in [0.3, 0.4) is 0 Å². The predicted octanol–water partition coefficient (Wildman–Crippen LogP) is 1.88. The van der Waals surface area contributed by atoms with Crippen molar-refractivity contribution in [3.63, 3.8) is 0 Å². The number of aliphatic hydroxyl groups is 1. The molecule has 1 N–H and O–H groups in total. The molecule has 0 saturated carbocycles. The van der Waals surface area contributed by atoms with E-state index in [1.807, 2.05) is 0 Å². The van der Waals surface area contributed by atoms with E-state index >= 15 is 0 Å². The Morgan fingerprint density at radius 3 is 2.56 bits per heavy atom. The van der Waals surface area contributed by atoms with E-state index in [0.717, 1.165) is 4.90 Å². The fraction of sp³-hybridized carbons (Fsp3) is 0.500. The maximum absolute atomic E-state index is 12.2. The summed E-state index contributed by atoms with van der Waals surface area (Å²) in [5.74, 6) is 0. The van der Waals surface area contributed by atoms with Crippen LogP contribution in [0.15, 0.2) is 12.3 Å². The molecule has 0 aliphatic rings. The Morgan fingerprint density at radius 1 is 1.44 bits per heavy atom. The van der Waals surface area contributed by atoms with Crippen molar-refractivity contribution in [2.75, 3.05) is 18.5 Å². The lowest BCUT2D eigenvalue weighted by Gasteiger charge is -2.23. The van der Waals surface area contributed by atoms with Gasteiger partial charge >= 0.3 is 6.18 Å². The number of pyridine rings is 1. The van der Waals surface area contributed by atoms with Gasteiger partial charge in [-0.25, -0.2) is 0 Å². The van der Waals surface area contributed by atoms with E-state index in [1.165, 1.54) is 19.3 Å². The molecule has 0 aliphatic carbocycles. The first kappa shape index (κ1) is 12.8. The first-order chi connectivity index (χ1) is 7.33. The molecule has 3 nitrogen and oxygen atoms in total. The highest BCUT2D eigenvalue weighted by Crippen LogP contribution is 2.24. The predicted molar refractivity (Wildman–Crippen MR) is 54.2 cm³/mol. The van der Waals surface area contributed by atoms with Gasteiger partial charge in [-0.3, -0.25) is 4.98 Å². The minimum absolute atomic E-state index is 0.329. The summed E-state index contributed by atoms with van der Waals surface area (Å²) in [6, 6.07) is 1.53. The van der Waals surface area contributed by atoms with Crippen molar-refractivity contribution in [2.24, 2.45) is 0 Å². The third-order valence-electron chi connectivity index (χ3n) is 2.10. The molecule has 0 unspecified atom stereocenters. The number of aromatic nitrogens is 1. The minimum atomic E-state index is -4.27. The lowest BCUT2D eigenvalue weighted by atomic mass is 10.2. The maximum Gasteiger partial charge on any atom is 0.405 e. The van der Waals surface area contributed by atoms with Crippen molar-refractivity contribution in [2.45, 2.75) is 19.7 Å². The van der Waals surface area contributed by atoms with Gasteiger partial charge in [-0.15, -0.1) is 0 Å². The van der Waals surface area contributed by atoms with Crippen molar-refractivity contribution in [1.82, 2.24) is 4.98 Å². The third-order valence-corrected chi connectivity index (χ3v) is 2.10. The maximum atomic E-state index is 12.2. The molecule has 16 heavy (non-hydrogen) atoms. The van der Waals surface area contributed by atoms with Crippen molar-refractivity contribution in [3.05, 3.63) is 23.5 Å². The average Bonchev–Trinajstić information content (AvgIpc) is 2.15. The first-order valence-corrected chi connectivity index (χ1v) is 4.68. The summed E-state index contributed by atoms with van der Waals surface area (Å²) in [7, 11) is 1.33. The number of aliphatic hydroxyl groups excluding tert-OH is 1. The Hall–Kier alpha value is -1.30. The van der Waals surface area contributed by atoms with Crippen LogP contribution in [0.1, 0.15) is 11.3 Å². The van der Waals surface area contributed by atoms with Gasteiger partial charge in [0.05, 0.1) is 6.61 Å². The molecule has 6 heteroatoms. The zero-order chi connectivity index (χ0) is 12.3. The van der Waals surface area contributed by atoms with Gasteiger partial charge < -0.3 is 10.0 Å². The Bertz CT molecular complexity index is 366. The molecular weight excluding hydrogens is 221 g/mol. The lowest BCUT2D eigenvalue weighted by Crippen LogP contribution is -2.31. The largest absolute Gasteiger partial charge is 0.405 e. The number of alkyl halides is 3. The van der Waals surface area contributed by atoms with Crippen molar-refractivity contribution in [1.29, 1.82) is 0 Å². The molecule has 1 rings (SSSR count). The van der Waals surface area contributed by atoms with Crippen LogP contribution in [-0.4, -0.2) is 29.9 Å². The van der Waals surface area contributed by atoms with Crippen LogP contribution in [0, 0.1) is 6.92 Å². The number of rotatable bonds is 3. The van der Waals surface area contributed by atoms with Crippen LogP contribution >= 0.6 is 0 Å². The van der Waals surface area contributed by atoms with E-state index in [-0.39, 0.29) is 6.61 Å². The molecule has 0 spiro atoms. The normalized spacial score (nSPS) is 11.6. The fourth-order valence-electron chi connectivity index (χ4n) is 1.40. The summed E-state index contributed by atoms with van der Waals surface area (Å²) in [5.41, 5.74) is 1.35. The van der Waals surface area contributed by atoms with Gasteiger partial charge in [-0.05, 0) is 13.0 Å². The summed E-state index contributed by atoms with van der Waals surface area (Å²) < 4.78 is 36.6. The second-order valence-electron chi connectivity index (χ2n) is 3.58. The molecule has 90 valence electrons. The molecule has 1 heterocycles. The third kappa shape index (κ3) is 3.37.